The lowest BCUT2D eigenvalue weighted by molar-refractivity contribution is 0.0951. The van der Waals surface area contributed by atoms with Gasteiger partial charge in [0.2, 0.25) is 0 Å². The summed E-state index contributed by atoms with van der Waals surface area (Å²) in [5.74, 6) is 0.656. The molecule has 1 aromatic heterocycles. The molecule has 2 aromatic rings. The van der Waals surface area contributed by atoms with E-state index in [-0.39, 0.29) is 5.91 Å². The van der Waals surface area contributed by atoms with Crippen molar-refractivity contribution in [2.75, 3.05) is 23.3 Å². The Morgan fingerprint density at radius 3 is 2.60 bits per heavy atom. The highest BCUT2D eigenvalue weighted by Gasteiger charge is 2.23. The second kappa shape index (κ2) is 7.55. The van der Waals surface area contributed by atoms with Crippen LogP contribution in [0, 0.1) is 6.92 Å². The number of hydrogen-bond donors (Lipinski definition) is 2. The molecule has 25 heavy (non-hydrogen) atoms. The van der Waals surface area contributed by atoms with E-state index < -0.39 is 0 Å². The van der Waals surface area contributed by atoms with Crippen LogP contribution in [-0.4, -0.2) is 30.0 Å². The first-order valence-corrected chi connectivity index (χ1v) is 9.00. The van der Waals surface area contributed by atoms with Gasteiger partial charge in [-0.15, -0.1) is 0 Å². The molecule has 1 aromatic carbocycles. The van der Waals surface area contributed by atoms with E-state index >= 15 is 0 Å². The highest BCUT2D eigenvalue weighted by molar-refractivity contribution is 5.95. The van der Waals surface area contributed by atoms with Gasteiger partial charge in [0.25, 0.3) is 5.91 Å². The quantitative estimate of drug-likeness (QED) is 0.804. The van der Waals surface area contributed by atoms with Gasteiger partial charge in [0.1, 0.15) is 5.82 Å². The third-order valence-electron chi connectivity index (χ3n) is 4.54. The first-order chi connectivity index (χ1) is 12.1. The maximum Gasteiger partial charge on any atom is 0.251 e. The van der Waals surface area contributed by atoms with Crippen LogP contribution in [0.1, 0.15) is 42.6 Å². The summed E-state index contributed by atoms with van der Waals surface area (Å²) >= 11 is 0. The van der Waals surface area contributed by atoms with E-state index in [9.17, 15) is 4.79 Å². The zero-order chi connectivity index (χ0) is 17.8. The molecular formula is C20H26N4O. The first-order valence-electron chi connectivity index (χ1n) is 9.00. The van der Waals surface area contributed by atoms with Crippen molar-refractivity contribution in [2.24, 2.45) is 0 Å². The van der Waals surface area contributed by atoms with Gasteiger partial charge in [-0.1, -0.05) is 0 Å². The standard InChI is InChI=1S/C20H26N4O/c1-4-24(5-2)17-8-9-18(14(3)12-17)23-19-13-15(10-11-21-19)20(25)22-16-6-7-16/h8-13,16H,4-7H2,1-3H3,(H,21,23)(H,22,25). The summed E-state index contributed by atoms with van der Waals surface area (Å²) in [6.45, 7) is 8.38. The molecule has 5 nitrogen and oxygen atoms in total. The van der Waals surface area contributed by atoms with Crippen molar-refractivity contribution in [3.63, 3.8) is 0 Å². The number of rotatable bonds is 7. The molecule has 3 rings (SSSR count). The SMILES string of the molecule is CCN(CC)c1ccc(Nc2cc(C(=O)NC3CC3)ccn2)c(C)c1. The Labute approximate surface area is 149 Å². The monoisotopic (exact) mass is 338 g/mol. The fraction of sp³-hybridized carbons (Fsp3) is 0.400. The van der Waals surface area contributed by atoms with E-state index in [1.165, 1.54) is 5.69 Å². The van der Waals surface area contributed by atoms with Crippen molar-refractivity contribution in [1.82, 2.24) is 10.3 Å². The van der Waals surface area contributed by atoms with E-state index in [1.54, 1.807) is 18.3 Å². The number of carbonyl (C=O) groups is 1. The van der Waals surface area contributed by atoms with Crippen LogP contribution in [0.5, 0.6) is 0 Å². The summed E-state index contributed by atoms with van der Waals surface area (Å²) in [6.07, 6.45) is 3.84. The molecule has 0 unspecified atom stereocenters. The predicted octanol–water partition coefficient (Wildman–Crippen LogP) is 3.87. The molecule has 1 saturated carbocycles. The topological polar surface area (TPSA) is 57.3 Å². The largest absolute Gasteiger partial charge is 0.372 e. The lowest BCUT2D eigenvalue weighted by atomic mass is 10.1. The van der Waals surface area contributed by atoms with Crippen molar-refractivity contribution in [3.8, 4) is 0 Å². The molecule has 0 aliphatic heterocycles. The van der Waals surface area contributed by atoms with E-state index in [1.807, 2.05) is 0 Å². The molecule has 0 atom stereocenters. The van der Waals surface area contributed by atoms with Crippen LogP contribution in [0.25, 0.3) is 0 Å². The van der Waals surface area contributed by atoms with Crippen molar-refractivity contribution in [2.45, 2.75) is 39.7 Å². The van der Waals surface area contributed by atoms with Gasteiger partial charge in [0.05, 0.1) is 0 Å². The summed E-state index contributed by atoms with van der Waals surface area (Å²) in [5.41, 5.74) is 4.02. The third kappa shape index (κ3) is 4.29. The van der Waals surface area contributed by atoms with Crippen molar-refractivity contribution in [3.05, 3.63) is 47.7 Å². The third-order valence-corrected chi connectivity index (χ3v) is 4.54. The number of aromatic nitrogens is 1. The Bertz CT molecular complexity index is 751. The molecule has 0 radical (unpaired) electrons. The molecule has 0 saturated heterocycles. The normalized spacial score (nSPS) is 13.4. The average molecular weight is 338 g/mol. The van der Waals surface area contributed by atoms with Crippen molar-refractivity contribution in [1.29, 1.82) is 0 Å². The lowest BCUT2D eigenvalue weighted by Gasteiger charge is -2.22. The Morgan fingerprint density at radius 1 is 1.20 bits per heavy atom. The molecule has 1 heterocycles. The lowest BCUT2D eigenvalue weighted by Crippen LogP contribution is -2.25. The Morgan fingerprint density at radius 2 is 1.96 bits per heavy atom. The number of nitrogens with one attached hydrogen (secondary N) is 2. The van der Waals surface area contributed by atoms with Crippen molar-refractivity contribution < 1.29 is 4.79 Å². The summed E-state index contributed by atoms with van der Waals surface area (Å²) in [6, 6.07) is 10.3. The van der Waals surface area contributed by atoms with Crippen LogP contribution in [0.15, 0.2) is 36.5 Å². The van der Waals surface area contributed by atoms with Gasteiger partial charge < -0.3 is 15.5 Å². The highest BCUT2D eigenvalue weighted by Crippen LogP contribution is 2.25. The molecule has 0 spiro atoms. The molecule has 1 fully saturated rings. The van der Waals surface area contributed by atoms with Crippen LogP contribution >= 0.6 is 0 Å². The van der Waals surface area contributed by atoms with E-state index in [0.29, 0.717) is 17.4 Å². The summed E-state index contributed by atoms with van der Waals surface area (Å²) in [5, 5.41) is 6.33. The number of carbonyl (C=O) groups excluding carboxylic acids is 1. The van der Waals surface area contributed by atoms with Gasteiger partial charge >= 0.3 is 0 Å². The minimum atomic E-state index is -0.0263. The molecule has 2 N–H and O–H groups in total. The maximum absolute atomic E-state index is 12.2. The number of benzene rings is 1. The van der Waals surface area contributed by atoms with E-state index in [2.05, 4.69) is 59.5 Å². The Balaban J connectivity index is 1.74. The van der Waals surface area contributed by atoms with Crippen LogP contribution in [0.2, 0.25) is 0 Å². The van der Waals surface area contributed by atoms with Gasteiger partial charge in [-0.05, 0) is 69.5 Å². The minimum Gasteiger partial charge on any atom is -0.372 e. The molecule has 1 aliphatic carbocycles. The summed E-state index contributed by atoms with van der Waals surface area (Å²) in [7, 11) is 0. The first kappa shape index (κ1) is 17.3. The zero-order valence-electron chi connectivity index (χ0n) is 15.2. The number of amides is 1. The molecule has 1 aliphatic rings. The number of nitrogens with zero attached hydrogens (tertiary/aromatic N) is 2. The summed E-state index contributed by atoms with van der Waals surface area (Å²) in [4.78, 5) is 18.8. The van der Waals surface area contributed by atoms with Crippen molar-refractivity contribution >= 4 is 23.1 Å². The van der Waals surface area contributed by atoms with Gasteiger partial charge in [-0.2, -0.15) is 0 Å². The number of hydrogen-bond acceptors (Lipinski definition) is 4. The molecule has 5 heteroatoms. The minimum absolute atomic E-state index is 0.0263. The van der Waals surface area contributed by atoms with Crippen LogP contribution in [0.3, 0.4) is 0 Å². The molecular weight excluding hydrogens is 312 g/mol. The Kier molecular flexibility index (Phi) is 5.22. The number of pyridine rings is 1. The van der Waals surface area contributed by atoms with E-state index in [0.717, 1.165) is 37.2 Å². The van der Waals surface area contributed by atoms with Gasteiger partial charge in [-0.3, -0.25) is 4.79 Å². The molecule has 132 valence electrons. The smallest absolute Gasteiger partial charge is 0.251 e. The summed E-state index contributed by atoms with van der Waals surface area (Å²) < 4.78 is 0. The second-order valence-corrected chi connectivity index (χ2v) is 6.47. The van der Waals surface area contributed by atoms with E-state index in [4.69, 9.17) is 0 Å². The van der Waals surface area contributed by atoms with Crippen LogP contribution in [0.4, 0.5) is 17.2 Å². The average Bonchev–Trinajstić information content (AvgIpc) is 3.42. The number of anilines is 3. The number of aryl methyl sites for hydroxylation is 1. The Hall–Kier alpha value is -2.56. The zero-order valence-corrected chi connectivity index (χ0v) is 15.2. The van der Waals surface area contributed by atoms with Gasteiger partial charge in [0.15, 0.2) is 0 Å². The fourth-order valence-electron chi connectivity index (χ4n) is 2.85. The maximum atomic E-state index is 12.2. The molecule has 1 amide bonds. The second-order valence-electron chi connectivity index (χ2n) is 6.47. The highest BCUT2D eigenvalue weighted by atomic mass is 16.1. The molecule has 0 bridgehead atoms. The van der Waals surface area contributed by atoms with Crippen LogP contribution < -0.4 is 15.5 Å². The van der Waals surface area contributed by atoms with Gasteiger partial charge in [0, 0.05) is 42.3 Å². The van der Waals surface area contributed by atoms with Crippen LogP contribution in [-0.2, 0) is 0 Å². The predicted molar refractivity (Wildman–Crippen MR) is 103 cm³/mol. The van der Waals surface area contributed by atoms with Gasteiger partial charge in [-0.25, -0.2) is 4.98 Å². The fourth-order valence-corrected chi connectivity index (χ4v) is 2.85.